The third-order valence-corrected chi connectivity index (χ3v) is 7.95. The van der Waals surface area contributed by atoms with Crippen molar-refractivity contribution in [3.05, 3.63) is 113 Å². The van der Waals surface area contributed by atoms with E-state index in [-0.39, 0.29) is 4.90 Å². The summed E-state index contributed by atoms with van der Waals surface area (Å²) in [6, 6.07) is 25.2. The van der Waals surface area contributed by atoms with E-state index in [9.17, 15) is 13.2 Å². The number of sulfonamides is 1. The zero-order valence-electron chi connectivity index (χ0n) is 21.3. The van der Waals surface area contributed by atoms with Gasteiger partial charge in [0.1, 0.15) is 6.54 Å². The van der Waals surface area contributed by atoms with Crippen LogP contribution in [-0.2, 0) is 14.8 Å². The lowest BCUT2D eigenvalue weighted by atomic mass is 10.2. The highest BCUT2D eigenvalue weighted by Gasteiger charge is 2.27. The van der Waals surface area contributed by atoms with E-state index in [4.69, 9.17) is 0 Å². The monoisotopic (exact) mass is 514 g/mol. The van der Waals surface area contributed by atoms with Crippen LogP contribution in [0.15, 0.2) is 94.9 Å². The Bertz CT molecular complexity index is 1540. The van der Waals surface area contributed by atoms with Crippen LogP contribution in [0, 0.1) is 27.7 Å². The van der Waals surface area contributed by atoms with Gasteiger partial charge in [-0.1, -0.05) is 54.1 Å². The first-order chi connectivity index (χ1) is 17.7. The highest BCUT2D eigenvalue weighted by Crippen LogP contribution is 2.24. The molecule has 1 amide bonds. The fourth-order valence-corrected chi connectivity index (χ4v) is 5.63. The molecule has 0 aliphatic heterocycles. The van der Waals surface area contributed by atoms with E-state index in [0.29, 0.717) is 5.69 Å². The minimum absolute atomic E-state index is 0.107. The van der Waals surface area contributed by atoms with Crippen LogP contribution in [0.3, 0.4) is 0 Å². The van der Waals surface area contributed by atoms with Crippen LogP contribution in [0.25, 0.3) is 5.69 Å². The highest BCUT2D eigenvalue weighted by molar-refractivity contribution is 7.92. The van der Waals surface area contributed by atoms with Crippen molar-refractivity contribution in [3.8, 4) is 5.69 Å². The van der Waals surface area contributed by atoms with E-state index in [1.165, 1.54) is 12.1 Å². The van der Waals surface area contributed by atoms with Crippen molar-refractivity contribution in [2.75, 3.05) is 10.8 Å². The summed E-state index contributed by atoms with van der Waals surface area (Å²) in [6.45, 7) is 7.57. The van der Waals surface area contributed by atoms with Crippen LogP contribution in [0.5, 0.6) is 0 Å². The van der Waals surface area contributed by atoms with E-state index < -0.39 is 22.5 Å². The normalized spacial score (nSPS) is 11.6. The first-order valence-corrected chi connectivity index (χ1v) is 13.3. The van der Waals surface area contributed by atoms with Crippen molar-refractivity contribution in [2.45, 2.75) is 32.6 Å². The van der Waals surface area contributed by atoms with Crippen molar-refractivity contribution >= 4 is 27.8 Å². The molecule has 0 saturated carbocycles. The van der Waals surface area contributed by atoms with Gasteiger partial charge in [-0.05, 0) is 69.7 Å². The number of rotatable bonds is 8. The van der Waals surface area contributed by atoms with Crippen molar-refractivity contribution in [1.82, 2.24) is 9.99 Å². The topological polar surface area (TPSA) is 83.8 Å². The van der Waals surface area contributed by atoms with Crippen molar-refractivity contribution in [1.29, 1.82) is 0 Å². The van der Waals surface area contributed by atoms with E-state index in [1.807, 2.05) is 51.1 Å². The van der Waals surface area contributed by atoms with Gasteiger partial charge in [0.05, 0.1) is 16.8 Å². The molecule has 0 unspecified atom stereocenters. The molecule has 1 heterocycles. The zero-order valence-corrected chi connectivity index (χ0v) is 22.2. The fourth-order valence-electron chi connectivity index (χ4n) is 4.19. The third kappa shape index (κ3) is 5.65. The minimum Gasteiger partial charge on any atom is -0.318 e. The van der Waals surface area contributed by atoms with E-state index in [2.05, 4.69) is 34.2 Å². The molecule has 0 saturated heterocycles. The molecule has 0 bridgehead atoms. The molecule has 0 aliphatic rings. The number of carbonyl (C=O) groups excluding carboxylic acids is 1. The Morgan fingerprint density at radius 3 is 2.24 bits per heavy atom. The molecular formula is C29H30N4O3S. The largest absolute Gasteiger partial charge is 0.318 e. The molecular weight excluding hydrogens is 484 g/mol. The lowest BCUT2D eigenvalue weighted by Gasteiger charge is -2.23. The van der Waals surface area contributed by atoms with Gasteiger partial charge in [0, 0.05) is 22.6 Å². The molecule has 1 aromatic heterocycles. The molecule has 0 radical (unpaired) electrons. The molecule has 1 N–H and O–H groups in total. The quantitative estimate of drug-likeness (QED) is 0.264. The van der Waals surface area contributed by atoms with E-state index >= 15 is 0 Å². The number of aromatic nitrogens is 1. The van der Waals surface area contributed by atoms with Crippen molar-refractivity contribution in [3.63, 3.8) is 0 Å². The molecule has 37 heavy (non-hydrogen) atoms. The molecule has 0 atom stereocenters. The number of carbonyl (C=O) groups is 1. The summed E-state index contributed by atoms with van der Waals surface area (Å²) in [4.78, 5) is 13.0. The summed E-state index contributed by atoms with van der Waals surface area (Å²) in [7, 11) is -3.97. The van der Waals surface area contributed by atoms with Crippen LogP contribution >= 0.6 is 0 Å². The van der Waals surface area contributed by atoms with Crippen molar-refractivity contribution in [2.24, 2.45) is 5.10 Å². The zero-order chi connectivity index (χ0) is 26.6. The number of nitrogens with one attached hydrogen (secondary N) is 1. The SMILES string of the molecule is Cc1ccc(N(CC(=O)N/N=C\c2cc(C)n(-c3ccccc3C)c2C)S(=O)(=O)c2ccccc2)cc1. The average molecular weight is 515 g/mol. The Labute approximate surface area is 218 Å². The van der Waals surface area contributed by atoms with Crippen LogP contribution in [0.2, 0.25) is 0 Å². The summed E-state index contributed by atoms with van der Waals surface area (Å²) >= 11 is 0. The molecule has 4 aromatic rings. The van der Waals surface area contributed by atoms with Crippen molar-refractivity contribution < 1.29 is 13.2 Å². The number of aryl methyl sites for hydroxylation is 3. The predicted molar refractivity (Wildman–Crippen MR) is 148 cm³/mol. The molecule has 0 spiro atoms. The van der Waals surface area contributed by atoms with Gasteiger partial charge in [-0.3, -0.25) is 9.10 Å². The highest BCUT2D eigenvalue weighted by atomic mass is 32.2. The van der Waals surface area contributed by atoms with Crippen LogP contribution in [-0.4, -0.2) is 31.7 Å². The molecule has 0 fully saturated rings. The minimum atomic E-state index is -3.97. The maximum Gasteiger partial charge on any atom is 0.264 e. The number of anilines is 1. The number of hydrogen-bond acceptors (Lipinski definition) is 4. The molecule has 0 aliphatic carbocycles. The Morgan fingerprint density at radius 2 is 1.57 bits per heavy atom. The van der Waals surface area contributed by atoms with E-state index in [1.54, 1.807) is 36.5 Å². The Kier molecular flexibility index (Phi) is 7.59. The number of amides is 1. The van der Waals surface area contributed by atoms with Gasteiger partial charge in [0.2, 0.25) is 0 Å². The first kappa shape index (κ1) is 25.9. The van der Waals surface area contributed by atoms with Gasteiger partial charge in [-0.25, -0.2) is 13.8 Å². The number of nitrogens with zero attached hydrogens (tertiary/aromatic N) is 3. The van der Waals surface area contributed by atoms with Gasteiger partial charge in [0.15, 0.2) is 0 Å². The second-order valence-electron chi connectivity index (χ2n) is 8.90. The molecule has 3 aromatic carbocycles. The third-order valence-electron chi connectivity index (χ3n) is 6.16. The van der Waals surface area contributed by atoms with Gasteiger partial charge in [-0.15, -0.1) is 0 Å². The van der Waals surface area contributed by atoms with Gasteiger partial charge >= 0.3 is 0 Å². The van der Waals surface area contributed by atoms with Crippen LogP contribution in [0.1, 0.15) is 28.1 Å². The lowest BCUT2D eigenvalue weighted by Crippen LogP contribution is -2.39. The predicted octanol–water partition coefficient (Wildman–Crippen LogP) is 5.06. The molecule has 7 nitrogen and oxygen atoms in total. The second-order valence-corrected chi connectivity index (χ2v) is 10.8. The Morgan fingerprint density at radius 1 is 0.919 bits per heavy atom. The smallest absolute Gasteiger partial charge is 0.264 e. The van der Waals surface area contributed by atoms with Gasteiger partial charge in [-0.2, -0.15) is 5.10 Å². The fraction of sp³-hybridized carbons (Fsp3) is 0.172. The Balaban J connectivity index is 1.55. The summed E-state index contributed by atoms with van der Waals surface area (Å²) < 4.78 is 30.0. The summed E-state index contributed by atoms with van der Waals surface area (Å²) in [5.41, 5.74) is 8.99. The Hall–Kier alpha value is -4.17. The summed E-state index contributed by atoms with van der Waals surface area (Å²) in [5, 5.41) is 4.13. The standard InChI is InChI=1S/C29H30N4O3S/c1-21-14-16-26(17-15-21)32(37(35,36)27-11-6-5-7-12-27)20-29(34)31-30-19-25-18-23(3)33(24(25)4)28-13-9-8-10-22(28)2/h5-19H,20H2,1-4H3,(H,31,34)/b30-19-. The summed E-state index contributed by atoms with van der Waals surface area (Å²) in [5.74, 6) is -0.552. The average Bonchev–Trinajstić information content (AvgIpc) is 3.16. The van der Waals surface area contributed by atoms with Crippen LogP contribution in [0.4, 0.5) is 5.69 Å². The lowest BCUT2D eigenvalue weighted by molar-refractivity contribution is -0.119. The summed E-state index contributed by atoms with van der Waals surface area (Å²) in [6.07, 6.45) is 1.58. The second kappa shape index (κ2) is 10.8. The van der Waals surface area contributed by atoms with Crippen LogP contribution < -0.4 is 9.73 Å². The van der Waals surface area contributed by atoms with Gasteiger partial charge < -0.3 is 4.57 Å². The maximum atomic E-state index is 13.4. The molecule has 8 heteroatoms. The number of hydrogen-bond donors (Lipinski definition) is 1. The first-order valence-electron chi connectivity index (χ1n) is 11.9. The maximum absolute atomic E-state index is 13.4. The number of hydrazone groups is 1. The van der Waals surface area contributed by atoms with Gasteiger partial charge in [0.25, 0.3) is 15.9 Å². The molecule has 4 rings (SSSR count). The molecule has 190 valence electrons. The number of para-hydroxylation sites is 1. The number of benzene rings is 3. The van der Waals surface area contributed by atoms with E-state index in [0.717, 1.165) is 38.1 Å².